The number of halogens is 1. The maximum Gasteiger partial charge on any atom is 0.251 e. The first kappa shape index (κ1) is 15.0. The standard InChI is InChI=1S/C14H17BrN2O3/c15-11-5-3-10(4-6-11)14(20)16-8-13(19)17-7-1-2-12(17)9-18/h3-6,12,18H,1-2,7-9H2,(H,16,20). The molecule has 0 aromatic heterocycles. The van der Waals surface area contributed by atoms with Crippen LogP contribution in [0.3, 0.4) is 0 Å². The van der Waals surface area contributed by atoms with E-state index in [2.05, 4.69) is 21.2 Å². The highest BCUT2D eigenvalue weighted by molar-refractivity contribution is 9.10. The largest absolute Gasteiger partial charge is 0.394 e. The van der Waals surface area contributed by atoms with Crippen molar-refractivity contribution in [2.75, 3.05) is 19.7 Å². The second-order valence-electron chi connectivity index (χ2n) is 4.76. The summed E-state index contributed by atoms with van der Waals surface area (Å²) in [4.78, 5) is 25.5. The number of rotatable bonds is 4. The molecule has 0 radical (unpaired) electrons. The molecule has 0 bridgehead atoms. The first-order chi connectivity index (χ1) is 9.61. The van der Waals surface area contributed by atoms with Crippen LogP contribution < -0.4 is 5.32 Å². The second-order valence-corrected chi connectivity index (χ2v) is 5.67. The molecule has 5 nitrogen and oxygen atoms in total. The zero-order chi connectivity index (χ0) is 14.5. The van der Waals surface area contributed by atoms with E-state index in [1.165, 1.54) is 0 Å². The predicted octanol–water partition coefficient (Wildman–Crippen LogP) is 1.16. The summed E-state index contributed by atoms with van der Waals surface area (Å²) >= 11 is 3.30. The van der Waals surface area contributed by atoms with Gasteiger partial charge >= 0.3 is 0 Å². The van der Waals surface area contributed by atoms with Crippen molar-refractivity contribution in [2.24, 2.45) is 0 Å². The van der Waals surface area contributed by atoms with E-state index in [9.17, 15) is 14.7 Å². The fraction of sp³-hybridized carbons (Fsp3) is 0.429. The minimum absolute atomic E-state index is 0.0214. The van der Waals surface area contributed by atoms with E-state index in [0.29, 0.717) is 12.1 Å². The third-order valence-electron chi connectivity index (χ3n) is 3.41. The molecule has 0 aliphatic carbocycles. The average Bonchev–Trinajstić information content (AvgIpc) is 2.93. The van der Waals surface area contributed by atoms with Crippen LogP contribution in [0.1, 0.15) is 23.2 Å². The van der Waals surface area contributed by atoms with Gasteiger partial charge in [0.15, 0.2) is 0 Å². The van der Waals surface area contributed by atoms with Gasteiger partial charge < -0.3 is 15.3 Å². The van der Waals surface area contributed by atoms with Gasteiger partial charge in [-0.1, -0.05) is 15.9 Å². The van der Waals surface area contributed by atoms with E-state index in [4.69, 9.17) is 0 Å². The highest BCUT2D eigenvalue weighted by Gasteiger charge is 2.27. The number of carbonyl (C=O) groups excluding carboxylic acids is 2. The summed E-state index contributed by atoms with van der Waals surface area (Å²) in [7, 11) is 0. The zero-order valence-electron chi connectivity index (χ0n) is 11.0. The van der Waals surface area contributed by atoms with Crippen LogP contribution in [-0.2, 0) is 4.79 Å². The van der Waals surface area contributed by atoms with Crippen LogP contribution in [-0.4, -0.2) is 47.6 Å². The van der Waals surface area contributed by atoms with Gasteiger partial charge in [-0.25, -0.2) is 0 Å². The molecule has 1 aromatic carbocycles. The van der Waals surface area contributed by atoms with Gasteiger partial charge in [-0.15, -0.1) is 0 Å². The lowest BCUT2D eigenvalue weighted by molar-refractivity contribution is -0.131. The Hall–Kier alpha value is -1.40. The Balaban J connectivity index is 1.87. The van der Waals surface area contributed by atoms with E-state index < -0.39 is 0 Å². The number of aliphatic hydroxyl groups is 1. The van der Waals surface area contributed by atoms with Crippen molar-refractivity contribution in [3.05, 3.63) is 34.3 Å². The van der Waals surface area contributed by atoms with E-state index in [1.54, 1.807) is 29.2 Å². The molecule has 1 aliphatic rings. The van der Waals surface area contributed by atoms with Crippen LogP contribution in [0.2, 0.25) is 0 Å². The molecule has 20 heavy (non-hydrogen) atoms. The van der Waals surface area contributed by atoms with Crippen molar-refractivity contribution < 1.29 is 14.7 Å². The molecule has 0 saturated carbocycles. The lowest BCUT2D eigenvalue weighted by Crippen LogP contribution is -2.43. The van der Waals surface area contributed by atoms with Crippen LogP contribution in [0.5, 0.6) is 0 Å². The molecule has 1 fully saturated rings. The smallest absolute Gasteiger partial charge is 0.251 e. The van der Waals surface area contributed by atoms with Gasteiger partial charge in [0.2, 0.25) is 5.91 Å². The summed E-state index contributed by atoms with van der Waals surface area (Å²) in [6.07, 6.45) is 1.72. The molecule has 1 aromatic rings. The molecule has 6 heteroatoms. The zero-order valence-corrected chi connectivity index (χ0v) is 12.6. The Labute approximate surface area is 126 Å². The molecule has 2 N–H and O–H groups in total. The van der Waals surface area contributed by atoms with E-state index in [0.717, 1.165) is 17.3 Å². The van der Waals surface area contributed by atoms with Crippen molar-refractivity contribution >= 4 is 27.7 Å². The number of aliphatic hydroxyl groups excluding tert-OH is 1. The maximum absolute atomic E-state index is 12.0. The Morgan fingerprint density at radius 3 is 2.70 bits per heavy atom. The maximum atomic E-state index is 12.0. The highest BCUT2D eigenvalue weighted by atomic mass is 79.9. The molecule has 1 heterocycles. The lowest BCUT2D eigenvalue weighted by atomic mass is 10.2. The summed E-state index contributed by atoms with van der Waals surface area (Å²) in [5.41, 5.74) is 0.515. The number of amides is 2. The Morgan fingerprint density at radius 1 is 1.35 bits per heavy atom. The summed E-state index contributed by atoms with van der Waals surface area (Å²) in [5, 5.41) is 11.8. The Kier molecular flexibility index (Phi) is 5.14. The molecule has 2 amide bonds. The fourth-order valence-electron chi connectivity index (χ4n) is 2.31. The van der Waals surface area contributed by atoms with Crippen LogP contribution in [0, 0.1) is 0 Å². The van der Waals surface area contributed by atoms with E-state index in [1.807, 2.05) is 0 Å². The number of benzene rings is 1. The van der Waals surface area contributed by atoms with Gasteiger partial charge in [0.1, 0.15) is 0 Å². The van der Waals surface area contributed by atoms with Gasteiger partial charge in [0.25, 0.3) is 5.91 Å². The highest BCUT2D eigenvalue weighted by Crippen LogP contribution is 2.16. The van der Waals surface area contributed by atoms with Crippen LogP contribution in [0.4, 0.5) is 0 Å². The van der Waals surface area contributed by atoms with Crippen LogP contribution in [0.15, 0.2) is 28.7 Å². The number of nitrogens with zero attached hydrogens (tertiary/aromatic N) is 1. The molecular weight excluding hydrogens is 324 g/mol. The number of carbonyl (C=O) groups is 2. The molecular formula is C14H17BrN2O3. The van der Waals surface area contributed by atoms with E-state index >= 15 is 0 Å². The average molecular weight is 341 g/mol. The number of likely N-dealkylation sites (tertiary alicyclic amines) is 1. The van der Waals surface area contributed by atoms with Crippen molar-refractivity contribution in [1.29, 1.82) is 0 Å². The molecule has 2 rings (SSSR count). The molecule has 1 atom stereocenters. The summed E-state index contributed by atoms with van der Waals surface area (Å²) in [6, 6.07) is 6.83. The number of hydrogen-bond acceptors (Lipinski definition) is 3. The second kappa shape index (κ2) is 6.85. The van der Waals surface area contributed by atoms with Gasteiger partial charge in [-0.3, -0.25) is 9.59 Å². The molecule has 1 saturated heterocycles. The first-order valence-corrected chi connectivity index (χ1v) is 7.35. The third kappa shape index (κ3) is 3.58. The third-order valence-corrected chi connectivity index (χ3v) is 3.94. The first-order valence-electron chi connectivity index (χ1n) is 6.56. The predicted molar refractivity (Wildman–Crippen MR) is 78.3 cm³/mol. The fourth-order valence-corrected chi connectivity index (χ4v) is 2.58. The van der Waals surface area contributed by atoms with Gasteiger partial charge in [-0.05, 0) is 37.1 Å². The van der Waals surface area contributed by atoms with Crippen molar-refractivity contribution in [3.8, 4) is 0 Å². The van der Waals surface area contributed by atoms with E-state index in [-0.39, 0.29) is 31.0 Å². The van der Waals surface area contributed by atoms with Gasteiger partial charge in [-0.2, -0.15) is 0 Å². The number of nitrogens with one attached hydrogen (secondary N) is 1. The monoisotopic (exact) mass is 340 g/mol. The molecule has 1 aliphatic heterocycles. The Morgan fingerprint density at radius 2 is 2.05 bits per heavy atom. The minimum atomic E-state index is -0.273. The molecule has 108 valence electrons. The summed E-state index contributed by atoms with van der Waals surface area (Å²) < 4.78 is 0.896. The van der Waals surface area contributed by atoms with Crippen molar-refractivity contribution in [3.63, 3.8) is 0 Å². The summed E-state index contributed by atoms with van der Waals surface area (Å²) in [6.45, 7) is 0.593. The number of hydrogen-bond donors (Lipinski definition) is 2. The molecule has 1 unspecified atom stereocenters. The molecule has 0 spiro atoms. The lowest BCUT2D eigenvalue weighted by Gasteiger charge is -2.23. The van der Waals surface area contributed by atoms with Crippen molar-refractivity contribution in [2.45, 2.75) is 18.9 Å². The quantitative estimate of drug-likeness (QED) is 0.864. The minimum Gasteiger partial charge on any atom is -0.394 e. The Bertz CT molecular complexity index is 490. The van der Waals surface area contributed by atoms with Gasteiger partial charge in [0, 0.05) is 16.6 Å². The van der Waals surface area contributed by atoms with Crippen LogP contribution >= 0.6 is 15.9 Å². The SMILES string of the molecule is O=C(NCC(=O)N1CCCC1CO)c1ccc(Br)cc1. The van der Waals surface area contributed by atoms with Crippen molar-refractivity contribution in [1.82, 2.24) is 10.2 Å². The topological polar surface area (TPSA) is 69.6 Å². The van der Waals surface area contributed by atoms with Crippen LogP contribution in [0.25, 0.3) is 0 Å². The summed E-state index contributed by atoms with van der Waals surface area (Å²) in [5.74, 6) is -0.419. The van der Waals surface area contributed by atoms with Gasteiger partial charge in [0.05, 0.1) is 19.2 Å². The normalized spacial score (nSPS) is 18.1.